The van der Waals surface area contributed by atoms with Crippen molar-refractivity contribution in [2.24, 2.45) is 0 Å². The number of amides is 1. The second-order valence-corrected chi connectivity index (χ2v) is 8.66. The molecule has 0 spiro atoms. The molecule has 1 aliphatic rings. The number of piperazine rings is 1. The maximum Gasteiger partial charge on any atom is 0.446 e. The highest BCUT2D eigenvalue weighted by atomic mass is 32.2. The highest BCUT2D eigenvalue weighted by Crippen LogP contribution is 2.36. The number of alkyl halides is 3. The summed E-state index contributed by atoms with van der Waals surface area (Å²) in [5.74, 6) is 0.867. The quantitative estimate of drug-likeness (QED) is 0.516. The van der Waals surface area contributed by atoms with E-state index in [0.717, 1.165) is 11.1 Å². The van der Waals surface area contributed by atoms with Gasteiger partial charge in [-0.25, -0.2) is 0 Å². The van der Waals surface area contributed by atoms with Gasteiger partial charge in [-0.15, -0.1) is 0 Å². The molecule has 1 aromatic heterocycles. The van der Waals surface area contributed by atoms with Crippen molar-refractivity contribution in [3.63, 3.8) is 0 Å². The number of thioether (sulfide) groups is 1. The molecule has 0 radical (unpaired) electrons. The van der Waals surface area contributed by atoms with E-state index in [1.807, 2.05) is 31.2 Å². The average molecular weight is 462 g/mol. The molecule has 1 aliphatic heterocycles. The van der Waals surface area contributed by atoms with Crippen LogP contribution in [0, 0.1) is 6.92 Å². The van der Waals surface area contributed by atoms with Crippen LogP contribution in [0.25, 0.3) is 11.4 Å². The fourth-order valence-electron chi connectivity index (χ4n) is 3.42. The zero-order valence-electron chi connectivity index (χ0n) is 17.3. The van der Waals surface area contributed by atoms with Gasteiger partial charge in [0.2, 0.25) is 11.7 Å². The summed E-state index contributed by atoms with van der Waals surface area (Å²) in [5.41, 5.74) is -1.92. The van der Waals surface area contributed by atoms with Crippen molar-refractivity contribution in [2.75, 3.05) is 26.2 Å². The van der Waals surface area contributed by atoms with Crippen molar-refractivity contribution in [1.29, 1.82) is 0 Å². The normalized spacial score (nSPS) is 15.2. The van der Waals surface area contributed by atoms with Gasteiger partial charge in [0.05, 0.1) is 6.54 Å². The molecular formula is C22H21F3N4O2S. The molecule has 3 aromatic rings. The van der Waals surface area contributed by atoms with Crippen LogP contribution < -0.4 is 0 Å². The van der Waals surface area contributed by atoms with Crippen molar-refractivity contribution in [3.05, 3.63) is 65.5 Å². The summed E-state index contributed by atoms with van der Waals surface area (Å²) in [5, 5.41) is 4.04. The van der Waals surface area contributed by atoms with Crippen LogP contribution >= 0.6 is 11.8 Å². The predicted molar refractivity (Wildman–Crippen MR) is 114 cm³/mol. The van der Waals surface area contributed by atoms with Crippen LogP contribution in [0.3, 0.4) is 0 Å². The summed E-state index contributed by atoms with van der Waals surface area (Å²) in [6.07, 6.45) is 0. The Kier molecular flexibility index (Phi) is 6.52. The van der Waals surface area contributed by atoms with Crippen LogP contribution in [0.2, 0.25) is 0 Å². The van der Waals surface area contributed by atoms with Gasteiger partial charge in [0.15, 0.2) is 0 Å². The Labute approximate surface area is 187 Å². The van der Waals surface area contributed by atoms with E-state index < -0.39 is 5.51 Å². The van der Waals surface area contributed by atoms with Crippen molar-refractivity contribution in [1.82, 2.24) is 19.9 Å². The molecule has 1 fully saturated rings. The Morgan fingerprint density at radius 2 is 1.69 bits per heavy atom. The van der Waals surface area contributed by atoms with Gasteiger partial charge in [-0.05, 0) is 43.0 Å². The van der Waals surface area contributed by atoms with Crippen LogP contribution in [0.4, 0.5) is 13.2 Å². The van der Waals surface area contributed by atoms with Gasteiger partial charge in [-0.1, -0.05) is 35.0 Å². The first-order chi connectivity index (χ1) is 15.3. The predicted octanol–water partition coefficient (Wildman–Crippen LogP) is 4.61. The molecule has 6 nitrogen and oxygen atoms in total. The largest absolute Gasteiger partial charge is 0.446 e. The van der Waals surface area contributed by atoms with Crippen LogP contribution in [0.15, 0.2) is 57.9 Å². The van der Waals surface area contributed by atoms with Crippen LogP contribution in [-0.2, 0) is 6.54 Å². The lowest BCUT2D eigenvalue weighted by Gasteiger charge is -2.34. The minimum absolute atomic E-state index is 0.0587. The van der Waals surface area contributed by atoms with Gasteiger partial charge in [0.25, 0.3) is 5.91 Å². The van der Waals surface area contributed by atoms with Gasteiger partial charge in [-0.2, -0.15) is 18.2 Å². The number of halogens is 3. The van der Waals surface area contributed by atoms with E-state index in [1.54, 1.807) is 4.90 Å². The van der Waals surface area contributed by atoms with Crippen molar-refractivity contribution < 1.29 is 22.5 Å². The Balaban J connectivity index is 1.29. The molecule has 0 atom stereocenters. The number of hydrogen-bond donors (Lipinski definition) is 0. The molecular weight excluding hydrogens is 441 g/mol. The lowest BCUT2D eigenvalue weighted by atomic mass is 10.1. The van der Waals surface area contributed by atoms with Crippen molar-refractivity contribution in [2.45, 2.75) is 23.9 Å². The summed E-state index contributed by atoms with van der Waals surface area (Å²) < 4.78 is 42.7. The SMILES string of the molecule is Cc1ccc(-c2noc(CN3CCN(C(=O)c4ccc(SC(F)(F)F)cc4)CC3)n2)cc1. The Morgan fingerprint density at radius 1 is 1.03 bits per heavy atom. The Hall–Kier alpha value is -2.85. The fraction of sp³-hybridized carbons (Fsp3) is 0.318. The van der Waals surface area contributed by atoms with Crippen molar-refractivity contribution in [3.8, 4) is 11.4 Å². The summed E-state index contributed by atoms with van der Waals surface area (Å²) in [6.45, 7) is 4.79. The highest BCUT2D eigenvalue weighted by Gasteiger charge is 2.29. The monoisotopic (exact) mass is 462 g/mol. The first-order valence-corrected chi connectivity index (χ1v) is 10.9. The minimum Gasteiger partial charge on any atom is -0.338 e. The smallest absolute Gasteiger partial charge is 0.338 e. The number of carbonyl (C=O) groups excluding carboxylic acids is 1. The number of carbonyl (C=O) groups is 1. The van der Waals surface area contributed by atoms with E-state index in [2.05, 4.69) is 15.0 Å². The zero-order chi connectivity index (χ0) is 22.7. The number of aromatic nitrogens is 2. The Morgan fingerprint density at radius 3 is 2.31 bits per heavy atom. The number of nitrogens with zero attached hydrogens (tertiary/aromatic N) is 4. The maximum atomic E-state index is 12.7. The van der Waals surface area contributed by atoms with Gasteiger partial charge in [0.1, 0.15) is 0 Å². The third kappa shape index (κ3) is 5.68. The van der Waals surface area contributed by atoms with E-state index >= 15 is 0 Å². The van der Waals surface area contributed by atoms with E-state index in [-0.39, 0.29) is 22.6 Å². The lowest BCUT2D eigenvalue weighted by molar-refractivity contribution is -0.0328. The molecule has 10 heteroatoms. The van der Waals surface area contributed by atoms with Crippen molar-refractivity contribution >= 4 is 17.7 Å². The maximum absolute atomic E-state index is 12.7. The molecule has 2 aromatic carbocycles. The van der Waals surface area contributed by atoms with E-state index in [0.29, 0.717) is 50.0 Å². The van der Waals surface area contributed by atoms with Crippen LogP contribution in [0.1, 0.15) is 21.8 Å². The van der Waals surface area contributed by atoms with Gasteiger partial charge in [-0.3, -0.25) is 9.69 Å². The molecule has 0 aliphatic carbocycles. The second-order valence-electron chi connectivity index (χ2n) is 7.52. The number of benzene rings is 2. The minimum atomic E-state index is -4.35. The number of aryl methyl sites for hydroxylation is 1. The fourth-order valence-corrected chi connectivity index (χ4v) is 3.96. The molecule has 0 N–H and O–H groups in total. The molecule has 168 valence electrons. The third-order valence-corrected chi connectivity index (χ3v) is 5.87. The average Bonchev–Trinajstić information content (AvgIpc) is 3.22. The molecule has 1 saturated heterocycles. The first kappa shape index (κ1) is 22.3. The zero-order valence-corrected chi connectivity index (χ0v) is 18.1. The van der Waals surface area contributed by atoms with E-state index in [4.69, 9.17) is 4.52 Å². The van der Waals surface area contributed by atoms with E-state index in [1.165, 1.54) is 24.3 Å². The topological polar surface area (TPSA) is 62.5 Å². The standard InChI is InChI=1S/C22H21F3N4O2S/c1-15-2-4-16(5-3-15)20-26-19(31-27-20)14-28-10-12-29(13-11-28)21(30)17-6-8-18(9-7-17)32-22(23,24)25/h2-9H,10-14H2,1H3. The number of hydrogen-bond acceptors (Lipinski definition) is 6. The van der Waals surface area contributed by atoms with Crippen LogP contribution in [0.5, 0.6) is 0 Å². The summed E-state index contributed by atoms with van der Waals surface area (Å²) >= 11 is -0.193. The number of rotatable bonds is 5. The van der Waals surface area contributed by atoms with Gasteiger partial charge in [0, 0.05) is 42.2 Å². The molecule has 0 saturated carbocycles. The molecule has 2 heterocycles. The van der Waals surface area contributed by atoms with Gasteiger partial charge < -0.3 is 9.42 Å². The van der Waals surface area contributed by atoms with Gasteiger partial charge >= 0.3 is 5.51 Å². The summed E-state index contributed by atoms with van der Waals surface area (Å²) in [7, 11) is 0. The molecule has 4 rings (SSSR count). The molecule has 0 unspecified atom stereocenters. The molecule has 0 bridgehead atoms. The third-order valence-electron chi connectivity index (χ3n) is 5.13. The second kappa shape index (κ2) is 9.33. The summed E-state index contributed by atoms with van der Waals surface area (Å²) in [4.78, 5) is 21.0. The summed E-state index contributed by atoms with van der Waals surface area (Å²) in [6, 6.07) is 13.4. The molecule has 32 heavy (non-hydrogen) atoms. The van der Waals surface area contributed by atoms with Crippen LogP contribution in [-0.4, -0.2) is 57.5 Å². The first-order valence-electron chi connectivity index (χ1n) is 10.0. The Bertz CT molecular complexity index is 1060. The van der Waals surface area contributed by atoms with E-state index in [9.17, 15) is 18.0 Å². The highest BCUT2D eigenvalue weighted by molar-refractivity contribution is 8.00. The molecule has 1 amide bonds. The lowest BCUT2D eigenvalue weighted by Crippen LogP contribution is -2.48.